The van der Waals surface area contributed by atoms with E-state index < -0.39 is 0 Å². The molecule has 150 valence electrons. The van der Waals surface area contributed by atoms with E-state index in [2.05, 4.69) is 10.4 Å². The number of fused-ring (bicyclic) bond motifs is 1. The highest BCUT2D eigenvalue weighted by molar-refractivity contribution is 5.85. The molecule has 1 aromatic heterocycles. The highest BCUT2D eigenvalue weighted by Gasteiger charge is 2.46. The summed E-state index contributed by atoms with van der Waals surface area (Å²) in [6, 6.07) is 11.0. The highest BCUT2D eigenvalue weighted by Crippen LogP contribution is 2.43. The maximum atomic E-state index is 13.1. The first-order valence-electron chi connectivity index (χ1n) is 9.25. The molecule has 0 bridgehead atoms. The van der Waals surface area contributed by atoms with Crippen LogP contribution in [0.2, 0.25) is 0 Å². The van der Waals surface area contributed by atoms with E-state index in [1.54, 1.807) is 13.2 Å². The van der Waals surface area contributed by atoms with Crippen LogP contribution in [-0.4, -0.2) is 47.3 Å². The van der Waals surface area contributed by atoms with Gasteiger partial charge in [0.15, 0.2) is 0 Å². The first-order valence-corrected chi connectivity index (χ1v) is 9.25. The Morgan fingerprint density at radius 3 is 2.68 bits per heavy atom. The maximum absolute atomic E-state index is 13.1. The van der Waals surface area contributed by atoms with Crippen molar-refractivity contribution < 1.29 is 9.53 Å². The number of nitrogens with zero attached hydrogens (tertiary/aromatic N) is 3. The second-order valence-electron chi connectivity index (χ2n) is 7.32. The smallest absolute Gasteiger partial charge is 0.267 e. The number of carbonyl (C=O) groups excluding carboxylic acids is 1. The zero-order valence-electron chi connectivity index (χ0n) is 16.0. The third kappa shape index (κ3) is 3.77. The fourth-order valence-corrected chi connectivity index (χ4v) is 4.29. The summed E-state index contributed by atoms with van der Waals surface area (Å²) in [5.74, 6) is 1.55. The van der Waals surface area contributed by atoms with Crippen molar-refractivity contribution in [3.63, 3.8) is 0 Å². The van der Waals surface area contributed by atoms with Crippen molar-refractivity contribution in [2.45, 2.75) is 19.5 Å². The number of methoxy groups -OCH3 is 1. The Kier molecular flexibility index (Phi) is 6.05. The molecule has 8 heteroatoms. The van der Waals surface area contributed by atoms with Gasteiger partial charge in [0.25, 0.3) is 5.56 Å². The molecule has 0 saturated carbocycles. The minimum Gasteiger partial charge on any atom is -0.497 e. The Hall–Kier alpha value is -2.38. The van der Waals surface area contributed by atoms with Crippen molar-refractivity contribution in [3.05, 3.63) is 58.0 Å². The third-order valence-electron chi connectivity index (χ3n) is 5.63. The molecule has 2 aromatic rings. The minimum atomic E-state index is -0.254. The summed E-state index contributed by atoms with van der Waals surface area (Å²) in [7, 11) is 1.64. The van der Waals surface area contributed by atoms with Crippen molar-refractivity contribution in [3.8, 4) is 5.75 Å². The first-order chi connectivity index (χ1) is 13.1. The van der Waals surface area contributed by atoms with Gasteiger partial charge in [-0.1, -0.05) is 12.1 Å². The molecule has 1 amide bonds. The van der Waals surface area contributed by atoms with Crippen LogP contribution in [0.5, 0.6) is 5.75 Å². The third-order valence-corrected chi connectivity index (χ3v) is 5.63. The Balaban J connectivity index is 0.00000225. The molecule has 0 unspecified atom stereocenters. The van der Waals surface area contributed by atoms with Crippen LogP contribution < -0.4 is 15.6 Å². The maximum Gasteiger partial charge on any atom is 0.267 e. The number of hydrogen-bond donors (Lipinski definition) is 1. The van der Waals surface area contributed by atoms with Crippen molar-refractivity contribution in [1.82, 2.24) is 20.0 Å². The highest BCUT2D eigenvalue weighted by atomic mass is 35.5. The Labute approximate surface area is 170 Å². The Bertz CT molecular complexity index is 899. The molecule has 2 aliphatic rings. The summed E-state index contributed by atoms with van der Waals surface area (Å²) >= 11 is 0. The lowest BCUT2D eigenvalue weighted by atomic mass is 9.89. The number of aryl methyl sites for hydroxylation is 1. The molecule has 0 aliphatic carbocycles. The molecule has 4 rings (SSSR count). The second kappa shape index (κ2) is 8.32. The van der Waals surface area contributed by atoms with E-state index in [1.807, 2.05) is 36.1 Å². The number of likely N-dealkylation sites (tertiary alicyclic amines) is 1. The van der Waals surface area contributed by atoms with Crippen LogP contribution in [0.1, 0.15) is 17.3 Å². The van der Waals surface area contributed by atoms with Gasteiger partial charge in [-0.2, -0.15) is 5.10 Å². The fraction of sp³-hybridized carbons (Fsp3) is 0.450. The molecule has 3 heterocycles. The van der Waals surface area contributed by atoms with E-state index in [4.69, 9.17) is 4.74 Å². The minimum absolute atomic E-state index is 0. The van der Waals surface area contributed by atoms with Crippen LogP contribution in [0.15, 0.2) is 41.2 Å². The molecule has 1 N–H and O–H groups in total. The van der Waals surface area contributed by atoms with Crippen molar-refractivity contribution in [2.75, 3.05) is 26.7 Å². The lowest BCUT2D eigenvalue weighted by Gasteiger charge is -2.28. The van der Waals surface area contributed by atoms with Gasteiger partial charge < -0.3 is 15.0 Å². The van der Waals surface area contributed by atoms with Gasteiger partial charge in [0.1, 0.15) is 12.3 Å². The number of aromatic nitrogens is 2. The molecule has 28 heavy (non-hydrogen) atoms. The van der Waals surface area contributed by atoms with Gasteiger partial charge in [0.2, 0.25) is 5.91 Å². The van der Waals surface area contributed by atoms with Gasteiger partial charge in [0.05, 0.1) is 18.8 Å². The topological polar surface area (TPSA) is 76.5 Å². The summed E-state index contributed by atoms with van der Waals surface area (Å²) < 4.78 is 6.52. The summed E-state index contributed by atoms with van der Waals surface area (Å²) in [5, 5.41) is 7.65. The number of amides is 1. The summed E-state index contributed by atoms with van der Waals surface area (Å²) in [6.07, 6.45) is 0. The summed E-state index contributed by atoms with van der Waals surface area (Å²) in [4.78, 5) is 27.1. The van der Waals surface area contributed by atoms with Gasteiger partial charge in [-0.05, 0) is 36.6 Å². The Morgan fingerprint density at radius 2 is 1.96 bits per heavy atom. The molecule has 1 aromatic carbocycles. The number of ether oxygens (including phenoxy) is 1. The van der Waals surface area contributed by atoms with E-state index in [-0.39, 0.29) is 36.5 Å². The number of carbonyl (C=O) groups is 1. The molecular weight excluding hydrogens is 380 g/mol. The average Bonchev–Trinajstić information content (AvgIpc) is 3.26. The predicted octanol–water partition coefficient (Wildman–Crippen LogP) is 1.40. The number of hydrogen-bond acceptors (Lipinski definition) is 5. The number of halogens is 1. The van der Waals surface area contributed by atoms with Gasteiger partial charge in [0, 0.05) is 31.6 Å². The van der Waals surface area contributed by atoms with Crippen molar-refractivity contribution >= 4 is 18.3 Å². The number of benzene rings is 1. The van der Waals surface area contributed by atoms with E-state index in [9.17, 15) is 9.59 Å². The van der Waals surface area contributed by atoms with E-state index >= 15 is 0 Å². The normalized spacial score (nSPS) is 23.2. The molecule has 0 spiro atoms. The van der Waals surface area contributed by atoms with Crippen molar-refractivity contribution in [2.24, 2.45) is 11.8 Å². The second-order valence-corrected chi connectivity index (χ2v) is 7.32. The monoisotopic (exact) mass is 404 g/mol. The number of rotatable bonds is 4. The summed E-state index contributed by atoms with van der Waals surface area (Å²) in [5.41, 5.74) is 1.57. The van der Waals surface area contributed by atoms with E-state index in [1.165, 1.54) is 10.7 Å². The molecule has 0 radical (unpaired) electrons. The fourth-order valence-electron chi connectivity index (χ4n) is 4.29. The standard InChI is InChI=1S/C20H24N4O3.ClH/c1-13-3-8-18(25)24(22-13)12-19(26)23-11-15-9-21-10-17(15)20(23)14-4-6-16(27-2)7-5-14;/h3-8,15,17,20-21H,9-12H2,1-2H3;1H/t15-,17-,20-;/m0./s1. The van der Waals surface area contributed by atoms with E-state index in [0.717, 1.165) is 30.1 Å². The van der Waals surface area contributed by atoms with Crippen LogP contribution in [0.3, 0.4) is 0 Å². The SMILES string of the molecule is COc1ccc([C@H]2[C@H]3CNC[C@H]3CN2C(=O)Cn2nc(C)ccc2=O)cc1.Cl. The Morgan fingerprint density at radius 1 is 1.21 bits per heavy atom. The zero-order valence-corrected chi connectivity index (χ0v) is 16.8. The molecule has 2 fully saturated rings. The lowest BCUT2D eigenvalue weighted by Crippen LogP contribution is -2.39. The lowest BCUT2D eigenvalue weighted by molar-refractivity contribution is -0.133. The molecule has 7 nitrogen and oxygen atoms in total. The average molecular weight is 405 g/mol. The van der Waals surface area contributed by atoms with Gasteiger partial charge in [-0.3, -0.25) is 9.59 Å². The molecular formula is C20H25ClN4O3. The van der Waals surface area contributed by atoms with Crippen LogP contribution in [-0.2, 0) is 11.3 Å². The van der Waals surface area contributed by atoms with E-state index in [0.29, 0.717) is 18.4 Å². The summed E-state index contributed by atoms with van der Waals surface area (Å²) in [6.45, 7) is 4.30. The van der Waals surface area contributed by atoms with Gasteiger partial charge in [-0.25, -0.2) is 4.68 Å². The quantitative estimate of drug-likeness (QED) is 0.833. The first kappa shape index (κ1) is 20.4. The van der Waals surface area contributed by atoms with Crippen molar-refractivity contribution in [1.29, 1.82) is 0 Å². The number of nitrogens with one attached hydrogen (secondary N) is 1. The zero-order chi connectivity index (χ0) is 19.0. The van der Waals surface area contributed by atoms with Crippen LogP contribution in [0, 0.1) is 18.8 Å². The molecule has 2 saturated heterocycles. The van der Waals surface area contributed by atoms with Crippen LogP contribution in [0.4, 0.5) is 0 Å². The predicted molar refractivity (Wildman–Crippen MR) is 108 cm³/mol. The molecule has 2 aliphatic heterocycles. The van der Waals surface area contributed by atoms with Crippen LogP contribution >= 0.6 is 12.4 Å². The largest absolute Gasteiger partial charge is 0.497 e. The molecule has 3 atom stereocenters. The van der Waals surface area contributed by atoms with Crippen LogP contribution in [0.25, 0.3) is 0 Å². The van der Waals surface area contributed by atoms with Gasteiger partial charge >= 0.3 is 0 Å². The van der Waals surface area contributed by atoms with Gasteiger partial charge in [-0.15, -0.1) is 12.4 Å².